The first-order chi connectivity index (χ1) is 14.5. The number of hydrogen-bond acceptors (Lipinski definition) is 4. The van der Waals surface area contributed by atoms with Crippen LogP contribution < -0.4 is 10.6 Å². The molecule has 0 aliphatic carbocycles. The second-order valence-electron chi connectivity index (χ2n) is 8.09. The Kier molecular flexibility index (Phi) is 7.63. The molecular formula is C23H30N2O5. The predicted octanol–water partition coefficient (Wildman–Crippen LogP) is 3.04. The number of carbonyl (C=O) groups excluding carboxylic acids is 2. The van der Waals surface area contributed by atoms with Crippen molar-refractivity contribution in [1.29, 1.82) is 0 Å². The Morgan fingerprint density at radius 2 is 1.83 bits per heavy atom. The van der Waals surface area contributed by atoms with Gasteiger partial charge < -0.3 is 20.5 Å². The normalized spacial score (nSPS) is 24.8. The van der Waals surface area contributed by atoms with Gasteiger partial charge in [-0.25, -0.2) is 0 Å². The Morgan fingerprint density at radius 1 is 1.10 bits per heavy atom. The van der Waals surface area contributed by atoms with E-state index in [1.807, 2.05) is 31.2 Å². The van der Waals surface area contributed by atoms with Gasteiger partial charge in [0.2, 0.25) is 0 Å². The van der Waals surface area contributed by atoms with Crippen LogP contribution in [0.25, 0.3) is 0 Å². The van der Waals surface area contributed by atoms with Crippen molar-refractivity contribution < 1.29 is 24.2 Å². The largest absolute Gasteiger partial charge is 0.481 e. The molecule has 2 amide bonds. The monoisotopic (exact) mass is 414 g/mol. The van der Waals surface area contributed by atoms with Crippen molar-refractivity contribution >= 4 is 23.5 Å². The number of aryl methyl sites for hydroxylation is 1. The van der Waals surface area contributed by atoms with E-state index in [1.54, 1.807) is 6.07 Å². The Bertz CT molecular complexity index is 807. The number of nitrogens with one attached hydrogen (secondary N) is 2. The van der Waals surface area contributed by atoms with Crippen molar-refractivity contribution in [3.8, 4) is 0 Å². The number of benzene rings is 1. The summed E-state index contributed by atoms with van der Waals surface area (Å²) in [5, 5.41) is 14.1. The van der Waals surface area contributed by atoms with E-state index in [-0.39, 0.29) is 24.5 Å². The second kappa shape index (κ2) is 10.4. The number of allylic oxidation sites excluding steroid dienone is 2. The molecule has 2 heterocycles. The number of rotatable bonds is 9. The van der Waals surface area contributed by atoms with E-state index in [4.69, 9.17) is 9.84 Å². The van der Waals surface area contributed by atoms with E-state index in [9.17, 15) is 14.4 Å². The van der Waals surface area contributed by atoms with Crippen LogP contribution in [-0.2, 0) is 19.1 Å². The number of para-hydroxylation sites is 1. The highest BCUT2D eigenvalue weighted by Crippen LogP contribution is 2.44. The number of carboxylic acids is 1. The van der Waals surface area contributed by atoms with E-state index in [1.165, 1.54) is 0 Å². The summed E-state index contributed by atoms with van der Waals surface area (Å²) in [6.07, 6.45) is 8.85. The molecule has 1 aromatic rings. The van der Waals surface area contributed by atoms with Crippen LogP contribution in [0.3, 0.4) is 0 Å². The van der Waals surface area contributed by atoms with Crippen molar-refractivity contribution in [1.82, 2.24) is 5.32 Å². The third kappa shape index (κ3) is 5.69. The molecule has 3 rings (SSSR count). The molecule has 0 spiro atoms. The highest BCUT2D eigenvalue weighted by molar-refractivity contribution is 6.39. The van der Waals surface area contributed by atoms with E-state index in [0.29, 0.717) is 24.6 Å². The molecule has 162 valence electrons. The third-order valence-corrected chi connectivity index (χ3v) is 6.02. The number of carboxylic acid groups (broad SMARTS) is 1. The van der Waals surface area contributed by atoms with Gasteiger partial charge in [0, 0.05) is 24.6 Å². The first-order valence-corrected chi connectivity index (χ1v) is 10.6. The zero-order chi connectivity index (χ0) is 21.5. The van der Waals surface area contributed by atoms with E-state index in [0.717, 1.165) is 31.2 Å². The topological polar surface area (TPSA) is 105 Å². The van der Waals surface area contributed by atoms with Gasteiger partial charge in [0.1, 0.15) is 0 Å². The number of amides is 2. The summed E-state index contributed by atoms with van der Waals surface area (Å²) in [5.41, 5.74) is 1.53. The van der Waals surface area contributed by atoms with Crippen LogP contribution in [0.4, 0.5) is 5.69 Å². The summed E-state index contributed by atoms with van der Waals surface area (Å²) in [6.45, 7) is 2.29. The quantitative estimate of drug-likeness (QED) is 0.327. The summed E-state index contributed by atoms with van der Waals surface area (Å²) < 4.78 is 6.05. The minimum absolute atomic E-state index is 0.125. The van der Waals surface area contributed by atoms with Crippen LogP contribution in [0.5, 0.6) is 0 Å². The van der Waals surface area contributed by atoms with Gasteiger partial charge in [0.05, 0.1) is 12.2 Å². The van der Waals surface area contributed by atoms with Crippen LogP contribution in [-0.4, -0.2) is 41.6 Å². The van der Waals surface area contributed by atoms with Crippen LogP contribution in [0.2, 0.25) is 0 Å². The molecule has 2 fully saturated rings. The van der Waals surface area contributed by atoms with Gasteiger partial charge in [-0.1, -0.05) is 30.4 Å². The molecule has 0 radical (unpaired) electrons. The Labute approximate surface area is 176 Å². The Hall–Kier alpha value is -2.67. The van der Waals surface area contributed by atoms with Gasteiger partial charge >= 0.3 is 17.8 Å². The average Bonchev–Trinajstić information content (AvgIpc) is 3.32. The van der Waals surface area contributed by atoms with Gasteiger partial charge in [-0.2, -0.15) is 0 Å². The minimum atomic E-state index is -0.771. The fourth-order valence-electron chi connectivity index (χ4n) is 4.41. The van der Waals surface area contributed by atoms with Gasteiger partial charge in [-0.15, -0.1) is 0 Å². The zero-order valence-electron chi connectivity index (χ0n) is 17.3. The van der Waals surface area contributed by atoms with Crippen LogP contribution >= 0.6 is 0 Å². The van der Waals surface area contributed by atoms with E-state index in [2.05, 4.69) is 16.7 Å². The maximum absolute atomic E-state index is 12.3. The molecule has 30 heavy (non-hydrogen) atoms. The van der Waals surface area contributed by atoms with Crippen molar-refractivity contribution in [3.63, 3.8) is 0 Å². The average molecular weight is 415 g/mol. The van der Waals surface area contributed by atoms with Crippen LogP contribution in [0.15, 0.2) is 36.4 Å². The fourth-order valence-corrected chi connectivity index (χ4v) is 4.41. The number of anilines is 1. The molecule has 0 aromatic heterocycles. The minimum Gasteiger partial charge on any atom is -0.481 e. The Balaban J connectivity index is 1.47. The number of unbranched alkanes of at least 4 members (excludes halogenated alkanes) is 1. The predicted molar refractivity (Wildman–Crippen MR) is 113 cm³/mol. The zero-order valence-corrected chi connectivity index (χ0v) is 17.3. The number of ether oxygens (including phenoxy) is 1. The molecule has 7 nitrogen and oxygen atoms in total. The highest BCUT2D eigenvalue weighted by atomic mass is 16.5. The maximum atomic E-state index is 12.3. The summed E-state index contributed by atoms with van der Waals surface area (Å²) >= 11 is 0. The first kappa shape index (κ1) is 22.0. The molecule has 4 atom stereocenters. The van der Waals surface area contributed by atoms with Crippen molar-refractivity contribution in [2.24, 2.45) is 11.8 Å². The summed E-state index contributed by atoms with van der Waals surface area (Å²) in [5.74, 6) is -1.58. The molecule has 0 saturated carbocycles. The van der Waals surface area contributed by atoms with Gasteiger partial charge in [-0.05, 0) is 56.6 Å². The van der Waals surface area contributed by atoms with Crippen LogP contribution in [0.1, 0.15) is 44.1 Å². The number of carbonyl (C=O) groups is 3. The van der Waals surface area contributed by atoms with Crippen molar-refractivity contribution in [3.05, 3.63) is 42.0 Å². The lowest BCUT2D eigenvalue weighted by Gasteiger charge is -2.27. The molecule has 1 aromatic carbocycles. The molecule has 7 heteroatoms. The molecular weight excluding hydrogens is 384 g/mol. The third-order valence-electron chi connectivity index (χ3n) is 6.02. The number of fused-ring (bicyclic) bond motifs is 2. The van der Waals surface area contributed by atoms with Gasteiger partial charge in [0.25, 0.3) is 0 Å². The molecule has 0 unspecified atom stereocenters. The fraction of sp³-hybridized carbons (Fsp3) is 0.522. The van der Waals surface area contributed by atoms with Crippen LogP contribution in [0, 0.1) is 18.8 Å². The summed E-state index contributed by atoms with van der Waals surface area (Å²) in [6, 6.07) is 7.33. The lowest BCUT2D eigenvalue weighted by atomic mass is 9.77. The summed E-state index contributed by atoms with van der Waals surface area (Å²) in [7, 11) is 0. The number of hydrogen-bond donors (Lipinski definition) is 3. The van der Waals surface area contributed by atoms with E-state index < -0.39 is 17.8 Å². The SMILES string of the molecule is Cc1ccccc1NC(=O)C(=O)NC[C@H]1[C@@H](CC=CCCCC(=O)O)[C@H]2CC[C@@H]1O2. The maximum Gasteiger partial charge on any atom is 0.313 e. The highest BCUT2D eigenvalue weighted by Gasteiger charge is 2.48. The number of aliphatic carboxylic acids is 1. The van der Waals surface area contributed by atoms with Crippen molar-refractivity contribution in [2.45, 2.75) is 57.7 Å². The van der Waals surface area contributed by atoms with Gasteiger partial charge in [0.15, 0.2) is 0 Å². The molecule has 3 N–H and O–H groups in total. The Morgan fingerprint density at radius 3 is 2.57 bits per heavy atom. The summed E-state index contributed by atoms with van der Waals surface area (Å²) in [4.78, 5) is 35.1. The standard InChI is InChI=1S/C23H30N2O5/c1-15-8-6-7-10-18(15)25-23(29)22(28)24-14-17-16(19-12-13-20(17)30-19)9-4-2-3-5-11-21(26)27/h2,4,6-8,10,16-17,19-20H,3,5,9,11-14H2,1H3,(H,24,28)(H,25,29)(H,26,27)/t16-,17+,19-,20+/m1/s1. The lowest BCUT2D eigenvalue weighted by Crippen LogP contribution is -2.42. The molecule has 2 aliphatic rings. The van der Waals surface area contributed by atoms with Gasteiger partial charge in [-0.3, -0.25) is 14.4 Å². The lowest BCUT2D eigenvalue weighted by molar-refractivity contribution is -0.137. The van der Waals surface area contributed by atoms with E-state index >= 15 is 0 Å². The molecule has 2 saturated heterocycles. The molecule has 2 aliphatic heterocycles. The smallest absolute Gasteiger partial charge is 0.313 e. The van der Waals surface area contributed by atoms with Crippen molar-refractivity contribution in [2.75, 3.05) is 11.9 Å². The second-order valence-corrected chi connectivity index (χ2v) is 8.09. The molecule has 2 bridgehead atoms. The first-order valence-electron chi connectivity index (χ1n) is 10.6.